The number of aromatic nitrogens is 2. The molecule has 0 spiro atoms. The van der Waals surface area contributed by atoms with E-state index in [0.29, 0.717) is 5.02 Å². The van der Waals surface area contributed by atoms with E-state index in [1.54, 1.807) is 6.20 Å². The van der Waals surface area contributed by atoms with Gasteiger partial charge in [0.1, 0.15) is 0 Å². The van der Waals surface area contributed by atoms with Crippen LogP contribution in [0.25, 0.3) is 0 Å². The van der Waals surface area contributed by atoms with Crippen molar-refractivity contribution < 1.29 is 5.11 Å². The van der Waals surface area contributed by atoms with Crippen LogP contribution in [0.3, 0.4) is 0 Å². The Labute approximate surface area is 122 Å². The molecule has 19 heavy (non-hydrogen) atoms. The van der Waals surface area contributed by atoms with Gasteiger partial charge in [0.25, 0.3) is 0 Å². The minimum absolute atomic E-state index is 0.479. The maximum atomic E-state index is 10.3. The van der Waals surface area contributed by atoms with Gasteiger partial charge in [0.05, 0.1) is 23.0 Å². The first-order valence-electron chi connectivity index (χ1n) is 7.60. The summed E-state index contributed by atoms with van der Waals surface area (Å²) in [6.45, 7) is 5.13. The first-order chi connectivity index (χ1) is 9.20. The largest absolute Gasteiger partial charge is 0.387 e. The molecule has 0 radical (unpaired) electrons. The van der Waals surface area contributed by atoms with Crippen molar-refractivity contribution in [1.29, 1.82) is 0 Å². The maximum absolute atomic E-state index is 10.3. The number of halogens is 1. The summed E-state index contributed by atoms with van der Waals surface area (Å²) in [5.74, 6) is 0. The second-order valence-electron chi connectivity index (χ2n) is 5.17. The number of hydrogen-bond acceptors (Lipinski definition) is 2. The third-order valence-corrected chi connectivity index (χ3v) is 3.71. The molecule has 1 aromatic heterocycles. The van der Waals surface area contributed by atoms with Crippen molar-refractivity contribution in [3.8, 4) is 0 Å². The number of aliphatic hydroxyl groups is 1. The van der Waals surface area contributed by atoms with Gasteiger partial charge in [0, 0.05) is 6.54 Å². The van der Waals surface area contributed by atoms with E-state index in [-0.39, 0.29) is 0 Å². The topological polar surface area (TPSA) is 38.1 Å². The second-order valence-corrected chi connectivity index (χ2v) is 5.58. The smallest absolute Gasteiger partial charge is 0.0971 e. The lowest BCUT2D eigenvalue weighted by atomic mass is 10.1. The Bertz CT molecular complexity index is 352. The fourth-order valence-corrected chi connectivity index (χ4v) is 2.62. The fraction of sp³-hybridized carbons (Fsp3) is 0.800. The molecule has 0 amide bonds. The number of rotatable bonds is 10. The van der Waals surface area contributed by atoms with Crippen LogP contribution in [0.5, 0.6) is 0 Å². The first-order valence-corrected chi connectivity index (χ1v) is 7.97. The number of nitrogens with zero attached hydrogens (tertiary/aromatic N) is 2. The molecule has 110 valence electrons. The lowest BCUT2D eigenvalue weighted by molar-refractivity contribution is 0.152. The van der Waals surface area contributed by atoms with Crippen LogP contribution in [0.1, 0.15) is 77.0 Å². The normalized spacial score (nSPS) is 12.8. The van der Waals surface area contributed by atoms with Gasteiger partial charge in [-0.25, -0.2) is 0 Å². The summed E-state index contributed by atoms with van der Waals surface area (Å²) in [5, 5.41) is 15.1. The molecule has 0 fully saturated rings. The quantitative estimate of drug-likeness (QED) is 0.631. The lowest BCUT2D eigenvalue weighted by Gasteiger charge is -2.13. The summed E-state index contributed by atoms with van der Waals surface area (Å²) in [5.41, 5.74) is 0.789. The first kappa shape index (κ1) is 16.5. The van der Waals surface area contributed by atoms with E-state index < -0.39 is 6.10 Å². The molecule has 0 aromatic carbocycles. The van der Waals surface area contributed by atoms with Gasteiger partial charge in [-0.1, -0.05) is 64.0 Å². The molecule has 1 N–H and O–H groups in total. The van der Waals surface area contributed by atoms with Gasteiger partial charge >= 0.3 is 0 Å². The molecule has 0 bridgehead atoms. The van der Waals surface area contributed by atoms with E-state index in [1.807, 2.05) is 4.68 Å². The third-order valence-electron chi connectivity index (χ3n) is 3.42. The van der Waals surface area contributed by atoms with Gasteiger partial charge in [-0.3, -0.25) is 4.68 Å². The van der Waals surface area contributed by atoms with Crippen LogP contribution in [0.15, 0.2) is 6.20 Å². The van der Waals surface area contributed by atoms with Gasteiger partial charge in [-0.2, -0.15) is 5.10 Å². The summed E-state index contributed by atoms with van der Waals surface area (Å²) < 4.78 is 1.84. The number of unbranched alkanes of at least 4 members (excludes halogenated alkanes) is 5. The van der Waals surface area contributed by atoms with Crippen molar-refractivity contribution in [2.75, 3.05) is 0 Å². The molecule has 0 saturated carbocycles. The Morgan fingerprint density at radius 3 is 2.53 bits per heavy atom. The van der Waals surface area contributed by atoms with Gasteiger partial charge in [0.15, 0.2) is 0 Å². The number of aryl methyl sites for hydroxylation is 1. The van der Waals surface area contributed by atoms with Crippen molar-refractivity contribution in [1.82, 2.24) is 9.78 Å². The van der Waals surface area contributed by atoms with Crippen LogP contribution in [-0.4, -0.2) is 14.9 Å². The summed E-state index contributed by atoms with van der Waals surface area (Å²) in [6.07, 6.45) is 10.3. The predicted octanol–water partition coefficient (Wildman–Crippen LogP) is 4.73. The monoisotopic (exact) mass is 286 g/mol. The predicted molar refractivity (Wildman–Crippen MR) is 80.5 cm³/mol. The highest BCUT2D eigenvalue weighted by molar-refractivity contribution is 6.31. The highest BCUT2D eigenvalue weighted by Crippen LogP contribution is 2.27. The molecule has 0 aliphatic heterocycles. The molecule has 4 heteroatoms. The number of hydrogen-bond donors (Lipinski definition) is 1. The summed E-state index contributed by atoms with van der Waals surface area (Å²) in [6, 6.07) is 0. The van der Waals surface area contributed by atoms with Crippen LogP contribution in [0.4, 0.5) is 0 Å². The molecule has 1 rings (SSSR count). The van der Waals surface area contributed by atoms with Crippen LogP contribution in [0, 0.1) is 0 Å². The standard InChI is InChI=1S/C15H27ClN2O/c1-3-5-6-7-8-9-10-14(19)15-13(16)12-17-18(15)11-4-2/h12,14,19H,3-11H2,1-2H3. The van der Waals surface area contributed by atoms with Gasteiger partial charge in [-0.05, 0) is 12.8 Å². The third kappa shape index (κ3) is 5.53. The maximum Gasteiger partial charge on any atom is 0.0971 e. The molecule has 1 unspecified atom stereocenters. The molecule has 0 aliphatic carbocycles. The van der Waals surface area contributed by atoms with Crippen LogP contribution in [-0.2, 0) is 6.54 Å². The van der Waals surface area contributed by atoms with Crippen molar-refractivity contribution in [3.05, 3.63) is 16.9 Å². The van der Waals surface area contributed by atoms with Crippen LogP contribution in [0.2, 0.25) is 5.02 Å². The molecule has 1 heterocycles. The van der Waals surface area contributed by atoms with E-state index in [0.717, 1.165) is 31.5 Å². The molecule has 1 atom stereocenters. The van der Waals surface area contributed by atoms with E-state index in [1.165, 1.54) is 32.1 Å². The Hall–Kier alpha value is -0.540. The van der Waals surface area contributed by atoms with E-state index in [9.17, 15) is 5.11 Å². The molecule has 3 nitrogen and oxygen atoms in total. The zero-order valence-corrected chi connectivity index (χ0v) is 13.0. The van der Waals surface area contributed by atoms with Crippen molar-refractivity contribution in [2.45, 2.75) is 77.9 Å². The molecule has 1 aromatic rings. The highest BCUT2D eigenvalue weighted by atomic mass is 35.5. The van der Waals surface area contributed by atoms with Gasteiger partial charge in [-0.15, -0.1) is 0 Å². The molecule has 0 saturated heterocycles. The summed E-state index contributed by atoms with van der Waals surface area (Å²) >= 11 is 6.11. The average molecular weight is 287 g/mol. The van der Waals surface area contributed by atoms with E-state index in [2.05, 4.69) is 18.9 Å². The molecular weight excluding hydrogens is 260 g/mol. The van der Waals surface area contributed by atoms with E-state index >= 15 is 0 Å². The van der Waals surface area contributed by atoms with Crippen LogP contribution >= 0.6 is 11.6 Å². The Morgan fingerprint density at radius 1 is 1.16 bits per heavy atom. The van der Waals surface area contributed by atoms with Crippen molar-refractivity contribution in [2.24, 2.45) is 0 Å². The number of aliphatic hydroxyl groups excluding tert-OH is 1. The Balaban J connectivity index is 2.36. The Kier molecular flexibility index (Phi) is 8.15. The highest BCUT2D eigenvalue weighted by Gasteiger charge is 2.17. The fourth-order valence-electron chi connectivity index (χ4n) is 2.35. The van der Waals surface area contributed by atoms with Gasteiger partial charge in [0.2, 0.25) is 0 Å². The summed E-state index contributed by atoms with van der Waals surface area (Å²) in [7, 11) is 0. The molecular formula is C15H27ClN2O. The Morgan fingerprint density at radius 2 is 1.84 bits per heavy atom. The van der Waals surface area contributed by atoms with Crippen LogP contribution < -0.4 is 0 Å². The minimum Gasteiger partial charge on any atom is -0.387 e. The zero-order chi connectivity index (χ0) is 14.1. The minimum atomic E-state index is -0.479. The SMILES string of the molecule is CCCCCCCCC(O)c1c(Cl)cnn1CCC. The zero-order valence-electron chi connectivity index (χ0n) is 12.2. The lowest BCUT2D eigenvalue weighted by Crippen LogP contribution is -2.09. The second kappa shape index (κ2) is 9.38. The van der Waals surface area contributed by atoms with Gasteiger partial charge < -0.3 is 5.11 Å². The average Bonchev–Trinajstić information content (AvgIpc) is 2.75. The van der Waals surface area contributed by atoms with E-state index in [4.69, 9.17) is 11.6 Å². The summed E-state index contributed by atoms with van der Waals surface area (Å²) in [4.78, 5) is 0. The van der Waals surface area contributed by atoms with Crippen molar-refractivity contribution >= 4 is 11.6 Å². The molecule has 0 aliphatic rings. The van der Waals surface area contributed by atoms with Crippen molar-refractivity contribution in [3.63, 3.8) is 0 Å².